The number of hydrogen-bond acceptors (Lipinski definition) is 4. The fourth-order valence-corrected chi connectivity index (χ4v) is 3.70. The predicted molar refractivity (Wildman–Crippen MR) is 109 cm³/mol. The van der Waals surface area contributed by atoms with Crippen molar-refractivity contribution >= 4 is 29.1 Å². The summed E-state index contributed by atoms with van der Waals surface area (Å²) >= 11 is 5.75. The summed E-state index contributed by atoms with van der Waals surface area (Å²) in [6.45, 7) is 0.0412. The molecule has 2 aromatic carbocycles. The zero-order valence-electron chi connectivity index (χ0n) is 16.7. The van der Waals surface area contributed by atoms with E-state index in [1.807, 2.05) is 0 Å². The number of anilines is 1. The number of piperazine rings is 1. The quantitative estimate of drug-likeness (QED) is 0.700. The van der Waals surface area contributed by atoms with Crippen molar-refractivity contribution in [2.75, 3.05) is 31.6 Å². The first-order valence-corrected chi connectivity index (χ1v) is 9.78. The summed E-state index contributed by atoms with van der Waals surface area (Å²) in [5, 5.41) is 11.2. The lowest BCUT2D eigenvalue weighted by Gasteiger charge is -2.42. The largest absolute Gasteiger partial charge is 0.417 e. The number of hydrogen-bond donors (Lipinski definition) is 1. The van der Waals surface area contributed by atoms with Crippen LogP contribution in [0.5, 0.6) is 0 Å². The summed E-state index contributed by atoms with van der Waals surface area (Å²) in [6.07, 6.45) is -4.75. The van der Waals surface area contributed by atoms with Gasteiger partial charge in [-0.05, 0) is 36.4 Å². The number of nitriles is 1. The van der Waals surface area contributed by atoms with E-state index in [0.717, 1.165) is 18.2 Å². The van der Waals surface area contributed by atoms with Crippen LogP contribution >= 0.6 is 11.6 Å². The minimum atomic E-state index is -4.75. The molecular formula is C21H17ClF4N4O2. The van der Waals surface area contributed by atoms with E-state index in [-0.39, 0.29) is 35.9 Å². The van der Waals surface area contributed by atoms with Gasteiger partial charge in [0.25, 0.3) is 5.91 Å². The van der Waals surface area contributed by atoms with Crippen LogP contribution in [0, 0.1) is 17.1 Å². The molecule has 1 heterocycles. The molecule has 1 unspecified atom stereocenters. The topological polar surface area (TPSA) is 76.4 Å². The Balaban J connectivity index is 1.92. The maximum atomic E-state index is 13.4. The molecule has 168 valence electrons. The van der Waals surface area contributed by atoms with Crippen molar-refractivity contribution in [3.63, 3.8) is 0 Å². The smallest absolute Gasteiger partial charge is 0.357 e. The second-order valence-corrected chi connectivity index (χ2v) is 7.45. The molecule has 0 bridgehead atoms. The fraction of sp³-hybridized carbons (Fsp3) is 0.286. The molecule has 0 spiro atoms. The Labute approximate surface area is 186 Å². The first-order valence-electron chi connectivity index (χ1n) is 9.40. The molecule has 3 rings (SSSR count). The van der Waals surface area contributed by atoms with E-state index in [4.69, 9.17) is 16.9 Å². The molecule has 2 amide bonds. The number of amides is 2. The van der Waals surface area contributed by atoms with Crippen LogP contribution in [0.2, 0.25) is 5.02 Å². The van der Waals surface area contributed by atoms with Gasteiger partial charge in [0.1, 0.15) is 11.9 Å². The number of nitrogens with one attached hydrogen (secondary N) is 1. The first-order chi connectivity index (χ1) is 15.1. The molecule has 11 heteroatoms. The number of carbonyl (C=O) groups excluding carboxylic acids is 2. The van der Waals surface area contributed by atoms with Crippen LogP contribution in [0.3, 0.4) is 0 Å². The number of nitrogens with zero attached hydrogens (tertiary/aromatic N) is 3. The minimum Gasteiger partial charge on any atom is -0.357 e. The molecule has 0 aromatic heterocycles. The normalized spacial score (nSPS) is 16.5. The van der Waals surface area contributed by atoms with Crippen molar-refractivity contribution < 1.29 is 27.2 Å². The summed E-state index contributed by atoms with van der Waals surface area (Å²) in [7, 11) is 1.38. The Hall–Kier alpha value is -3.32. The van der Waals surface area contributed by atoms with Crippen LogP contribution in [-0.2, 0) is 11.0 Å². The number of benzene rings is 2. The van der Waals surface area contributed by atoms with Gasteiger partial charge in [0.15, 0.2) is 0 Å². The number of carbonyl (C=O) groups is 2. The monoisotopic (exact) mass is 468 g/mol. The van der Waals surface area contributed by atoms with Crippen molar-refractivity contribution in [1.29, 1.82) is 5.26 Å². The van der Waals surface area contributed by atoms with Gasteiger partial charge < -0.3 is 15.1 Å². The zero-order valence-corrected chi connectivity index (χ0v) is 17.5. The third-order valence-corrected chi connectivity index (χ3v) is 5.43. The van der Waals surface area contributed by atoms with E-state index in [2.05, 4.69) is 5.32 Å². The van der Waals surface area contributed by atoms with Crippen LogP contribution in [0.15, 0.2) is 36.4 Å². The van der Waals surface area contributed by atoms with Gasteiger partial charge in [-0.25, -0.2) is 4.39 Å². The van der Waals surface area contributed by atoms with Gasteiger partial charge in [-0.2, -0.15) is 18.4 Å². The highest BCUT2D eigenvalue weighted by molar-refractivity contribution is 6.31. The molecule has 2 aromatic rings. The summed E-state index contributed by atoms with van der Waals surface area (Å²) in [4.78, 5) is 28.2. The lowest BCUT2D eigenvalue weighted by atomic mass is 10.0. The molecule has 6 nitrogen and oxygen atoms in total. The highest BCUT2D eigenvalue weighted by atomic mass is 35.5. The molecule has 1 saturated heterocycles. The Bertz CT molecular complexity index is 1100. The van der Waals surface area contributed by atoms with E-state index < -0.39 is 41.0 Å². The average Bonchev–Trinajstić information content (AvgIpc) is 2.78. The van der Waals surface area contributed by atoms with E-state index in [1.165, 1.54) is 41.1 Å². The van der Waals surface area contributed by atoms with Crippen molar-refractivity contribution in [2.24, 2.45) is 0 Å². The van der Waals surface area contributed by atoms with E-state index in [0.29, 0.717) is 0 Å². The van der Waals surface area contributed by atoms with Crippen molar-refractivity contribution in [2.45, 2.75) is 12.2 Å². The number of likely N-dealkylation sites (N-methyl/N-ethyl adjacent to an activating group) is 1. The molecule has 0 radical (unpaired) electrons. The van der Waals surface area contributed by atoms with Gasteiger partial charge in [-0.15, -0.1) is 0 Å². The first kappa shape index (κ1) is 23.3. The minimum absolute atomic E-state index is 0.0575. The average molecular weight is 469 g/mol. The van der Waals surface area contributed by atoms with Crippen LogP contribution in [-0.4, -0.2) is 49.4 Å². The molecule has 0 saturated carbocycles. The molecule has 1 N–H and O–H groups in total. The van der Waals surface area contributed by atoms with Crippen molar-refractivity contribution in [3.8, 4) is 6.07 Å². The Morgan fingerprint density at radius 3 is 2.50 bits per heavy atom. The Kier molecular flexibility index (Phi) is 6.60. The molecule has 1 aliphatic heterocycles. The van der Waals surface area contributed by atoms with Gasteiger partial charge in [-0.3, -0.25) is 9.59 Å². The number of halogens is 5. The van der Waals surface area contributed by atoms with E-state index in [9.17, 15) is 27.2 Å². The van der Waals surface area contributed by atoms with Gasteiger partial charge >= 0.3 is 6.18 Å². The highest BCUT2D eigenvalue weighted by Crippen LogP contribution is 2.35. The second-order valence-electron chi connectivity index (χ2n) is 7.04. The number of rotatable bonds is 3. The van der Waals surface area contributed by atoms with Gasteiger partial charge in [0.2, 0.25) is 5.91 Å². The van der Waals surface area contributed by atoms with Gasteiger partial charge in [-0.1, -0.05) is 11.6 Å². The molecule has 1 fully saturated rings. The fourth-order valence-electron chi connectivity index (χ4n) is 3.52. The Morgan fingerprint density at radius 2 is 1.91 bits per heavy atom. The lowest BCUT2D eigenvalue weighted by Crippen LogP contribution is -2.60. The van der Waals surface area contributed by atoms with Crippen molar-refractivity contribution in [3.05, 3.63) is 63.9 Å². The summed E-state index contributed by atoms with van der Waals surface area (Å²) in [5.41, 5.74) is -1.41. The Morgan fingerprint density at radius 1 is 1.19 bits per heavy atom. The molecular weight excluding hydrogens is 452 g/mol. The highest BCUT2D eigenvalue weighted by Gasteiger charge is 2.38. The molecule has 32 heavy (non-hydrogen) atoms. The van der Waals surface area contributed by atoms with Gasteiger partial charge in [0, 0.05) is 31.4 Å². The molecule has 1 atom stereocenters. The van der Waals surface area contributed by atoms with Crippen LogP contribution < -0.4 is 10.2 Å². The standard InChI is InChI=1S/C21H17ClF4N4O2/c1-28-19(31)18-11-29(20(32)12-3-5-17(23)16(22)8-12)6-7-30(18)14-4-2-13(10-27)15(9-14)21(24,25)26/h2-5,8-9,18H,6-7,11H2,1H3,(H,28,31). The van der Waals surface area contributed by atoms with Crippen LogP contribution in [0.1, 0.15) is 21.5 Å². The van der Waals surface area contributed by atoms with E-state index in [1.54, 1.807) is 0 Å². The lowest BCUT2D eigenvalue weighted by molar-refractivity contribution is -0.137. The predicted octanol–water partition coefficient (Wildman–Crippen LogP) is 3.45. The SMILES string of the molecule is CNC(=O)C1CN(C(=O)c2ccc(F)c(Cl)c2)CCN1c1ccc(C#N)c(C(F)(F)F)c1. The summed E-state index contributed by atoms with van der Waals surface area (Å²) in [6, 6.07) is 7.24. The van der Waals surface area contributed by atoms with Gasteiger partial charge in [0.05, 0.1) is 28.8 Å². The number of alkyl halides is 3. The molecule has 0 aliphatic carbocycles. The second kappa shape index (κ2) is 9.04. The maximum absolute atomic E-state index is 13.4. The third kappa shape index (κ3) is 4.62. The van der Waals surface area contributed by atoms with Crippen molar-refractivity contribution in [1.82, 2.24) is 10.2 Å². The third-order valence-electron chi connectivity index (χ3n) is 5.14. The zero-order chi connectivity index (χ0) is 23.6. The summed E-state index contributed by atoms with van der Waals surface area (Å²) in [5.74, 6) is -1.67. The summed E-state index contributed by atoms with van der Waals surface area (Å²) < 4.78 is 53.6. The van der Waals surface area contributed by atoms with E-state index >= 15 is 0 Å². The molecule has 1 aliphatic rings. The maximum Gasteiger partial charge on any atom is 0.417 e. The van der Waals surface area contributed by atoms with Crippen LogP contribution in [0.4, 0.5) is 23.2 Å². The van der Waals surface area contributed by atoms with Crippen LogP contribution in [0.25, 0.3) is 0 Å².